The highest BCUT2D eigenvalue weighted by atomic mass is 79.9. The number of likely N-dealkylation sites (tertiary alicyclic amines) is 1. The third kappa shape index (κ3) is 4.19. The molecule has 0 aliphatic carbocycles. The number of hydrogen-bond donors (Lipinski definition) is 0. The van der Waals surface area contributed by atoms with Crippen molar-refractivity contribution in [1.29, 1.82) is 5.26 Å². The van der Waals surface area contributed by atoms with Crippen LogP contribution < -0.4 is 4.90 Å². The number of para-hydroxylation sites is 1. The summed E-state index contributed by atoms with van der Waals surface area (Å²) in [5.41, 5.74) is 3.13. The molecule has 0 unspecified atom stereocenters. The summed E-state index contributed by atoms with van der Waals surface area (Å²) in [7, 11) is 0. The van der Waals surface area contributed by atoms with E-state index in [1.807, 2.05) is 69.8 Å². The van der Waals surface area contributed by atoms with Crippen LogP contribution in [0, 0.1) is 17.2 Å². The Kier molecular flexibility index (Phi) is 6.31. The Morgan fingerprint density at radius 3 is 2.40 bits per heavy atom. The van der Waals surface area contributed by atoms with E-state index in [1.165, 1.54) is 11.8 Å². The number of halogens is 1. The van der Waals surface area contributed by atoms with Gasteiger partial charge in [0.25, 0.3) is 5.91 Å². The molecule has 2 aromatic rings. The van der Waals surface area contributed by atoms with E-state index in [0.717, 1.165) is 34.3 Å². The van der Waals surface area contributed by atoms with Crippen LogP contribution in [0.3, 0.4) is 0 Å². The van der Waals surface area contributed by atoms with Gasteiger partial charge >= 0.3 is 0 Å². The lowest BCUT2D eigenvalue weighted by atomic mass is 9.99. The van der Waals surface area contributed by atoms with E-state index in [2.05, 4.69) is 28.9 Å². The first-order chi connectivity index (χ1) is 14.6. The highest BCUT2D eigenvalue weighted by Crippen LogP contribution is 2.44. The minimum absolute atomic E-state index is 0.168. The van der Waals surface area contributed by atoms with Crippen LogP contribution in [0.15, 0.2) is 75.1 Å². The highest BCUT2D eigenvalue weighted by molar-refractivity contribution is 9.10. The van der Waals surface area contributed by atoms with Crippen LogP contribution in [0.25, 0.3) is 5.70 Å². The molecule has 1 fully saturated rings. The van der Waals surface area contributed by atoms with Gasteiger partial charge in [-0.1, -0.05) is 64.9 Å². The van der Waals surface area contributed by atoms with Gasteiger partial charge in [-0.25, -0.2) is 0 Å². The van der Waals surface area contributed by atoms with E-state index in [1.54, 1.807) is 0 Å². The quantitative estimate of drug-likeness (QED) is 0.400. The number of amides is 1. The molecule has 1 amide bonds. The van der Waals surface area contributed by atoms with Crippen molar-refractivity contribution in [3.63, 3.8) is 0 Å². The number of nitriles is 1. The number of carbonyl (C=O) groups excluding carboxylic acids is 1. The normalized spacial score (nSPS) is 18.8. The van der Waals surface area contributed by atoms with Gasteiger partial charge in [0.15, 0.2) is 0 Å². The van der Waals surface area contributed by atoms with Crippen LogP contribution in [0.1, 0.15) is 25.3 Å². The Hall–Kier alpha value is -2.49. The molecule has 6 heteroatoms. The standard InChI is InChI=1S/C24H22BrN3OS/c1-17-11-13-27(14-12-17)23(29)21(15-26)24-28(20-5-3-2-4-6-20)22(16-30-24)18-7-9-19(25)10-8-18/h2-10,16-17H,11-14H2,1H3/b24-21-. The lowest BCUT2D eigenvalue weighted by Crippen LogP contribution is -2.39. The molecule has 0 atom stereocenters. The van der Waals surface area contributed by atoms with E-state index in [9.17, 15) is 10.1 Å². The summed E-state index contributed by atoms with van der Waals surface area (Å²) < 4.78 is 1.01. The Bertz CT molecular complexity index is 1030. The van der Waals surface area contributed by atoms with E-state index in [0.29, 0.717) is 24.0 Å². The molecule has 30 heavy (non-hydrogen) atoms. The molecule has 2 aliphatic rings. The second-order valence-electron chi connectivity index (χ2n) is 7.57. The van der Waals surface area contributed by atoms with Crippen molar-refractivity contribution < 1.29 is 4.79 Å². The van der Waals surface area contributed by atoms with E-state index in [4.69, 9.17) is 0 Å². The Labute approximate surface area is 190 Å². The van der Waals surface area contributed by atoms with Crippen molar-refractivity contribution in [2.75, 3.05) is 18.0 Å². The fourth-order valence-corrected chi connectivity index (χ4v) is 4.99. The van der Waals surface area contributed by atoms with Crippen molar-refractivity contribution in [2.45, 2.75) is 19.8 Å². The van der Waals surface area contributed by atoms with Crippen LogP contribution >= 0.6 is 27.7 Å². The molecule has 0 spiro atoms. The predicted molar refractivity (Wildman–Crippen MR) is 126 cm³/mol. The smallest absolute Gasteiger partial charge is 0.267 e. The maximum absolute atomic E-state index is 13.3. The number of carbonyl (C=O) groups is 1. The first-order valence-electron chi connectivity index (χ1n) is 10.00. The van der Waals surface area contributed by atoms with Crippen LogP contribution in [-0.2, 0) is 4.79 Å². The molecule has 0 aromatic heterocycles. The average Bonchev–Trinajstić information content (AvgIpc) is 3.20. The topological polar surface area (TPSA) is 47.3 Å². The predicted octanol–water partition coefficient (Wildman–Crippen LogP) is 5.99. The van der Waals surface area contributed by atoms with Gasteiger partial charge in [0.1, 0.15) is 16.7 Å². The zero-order valence-electron chi connectivity index (χ0n) is 16.7. The zero-order chi connectivity index (χ0) is 21.1. The van der Waals surface area contributed by atoms with Crippen molar-refractivity contribution in [2.24, 2.45) is 5.92 Å². The van der Waals surface area contributed by atoms with Gasteiger partial charge < -0.3 is 9.80 Å². The van der Waals surface area contributed by atoms with Gasteiger partial charge in [0.2, 0.25) is 0 Å². The zero-order valence-corrected chi connectivity index (χ0v) is 19.1. The molecule has 0 saturated carbocycles. The maximum atomic E-state index is 13.3. The van der Waals surface area contributed by atoms with Crippen molar-refractivity contribution >= 4 is 45.0 Å². The molecule has 0 radical (unpaired) electrons. The Morgan fingerprint density at radius 1 is 1.10 bits per heavy atom. The fourth-order valence-electron chi connectivity index (χ4n) is 3.71. The Morgan fingerprint density at radius 2 is 1.77 bits per heavy atom. The summed E-state index contributed by atoms with van der Waals surface area (Å²) in [5, 5.41) is 12.7. The number of hydrogen-bond acceptors (Lipinski definition) is 4. The van der Waals surface area contributed by atoms with E-state index < -0.39 is 0 Å². The number of rotatable bonds is 3. The summed E-state index contributed by atoms with van der Waals surface area (Å²) in [5.74, 6) is 0.456. The number of anilines is 1. The molecule has 0 bridgehead atoms. The van der Waals surface area contributed by atoms with Gasteiger partial charge in [0, 0.05) is 28.7 Å². The molecule has 2 heterocycles. The van der Waals surface area contributed by atoms with Gasteiger partial charge in [0.05, 0.1) is 5.70 Å². The number of nitrogens with zero attached hydrogens (tertiary/aromatic N) is 3. The second kappa shape index (κ2) is 9.11. The maximum Gasteiger partial charge on any atom is 0.267 e. The summed E-state index contributed by atoms with van der Waals surface area (Å²) in [4.78, 5) is 17.1. The monoisotopic (exact) mass is 479 g/mol. The summed E-state index contributed by atoms with van der Waals surface area (Å²) in [6.07, 6.45) is 1.97. The lowest BCUT2D eigenvalue weighted by Gasteiger charge is -2.31. The third-order valence-electron chi connectivity index (χ3n) is 5.49. The molecule has 1 saturated heterocycles. The molecule has 2 aliphatic heterocycles. The van der Waals surface area contributed by atoms with Gasteiger partial charge in [-0.05, 0) is 48.6 Å². The third-order valence-corrected chi connectivity index (χ3v) is 6.97. The minimum atomic E-state index is -0.168. The molecule has 2 aromatic carbocycles. The largest absolute Gasteiger partial charge is 0.338 e. The second-order valence-corrected chi connectivity index (χ2v) is 9.34. The van der Waals surface area contributed by atoms with Gasteiger partial charge in [-0.3, -0.25) is 4.79 Å². The van der Waals surface area contributed by atoms with Crippen LogP contribution in [-0.4, -0.2) is 23.9 Å². The molecular formula is C24H22BrN3OS. The van der Waals surface area contributed by atoms with Crippen LogP contribution in [0.5, 0.6) is 0 Å². The lowest BCUT2D eigenvalue weighted by molar-refractivity contribution is -0.128. The van der Waals surface area contributed by atoms with Crippen LogP contribution in [0.2, 0.25) is 0 Å². The summed E-state index contributed by atoms with van der Waals surface area (Å²) in [6.45, 7) is 3.63. The summed E-state index contributed by atoms with van der Waals surface area (Å²) in [6, 6.07) is 20.2. The fraction of sp³-hybridized carbons (Fsp3) is 0.250. The first kappa shape index (κ1) is 20.8. The highest BCUT2D eigenvalue weighted by Gasteiger charge is 2.32. The van der Waals surface area contributed by atoms with Gasteiger partial charge in [-0.2, -0.15) is 5.26 Å². The molecule has 0 N–H and O–H groups in total. The van der Waals surface area contributed by atoms with Crippen molar-refractivity contribution in [3.05, 3.63) is 80.6 Å². The van der Waals surface area contributed by atoms with Crippen molar-refractivity contribution in [3.8, 4) is 6.07 Å². The average molecular weight is 480 g/mol. The summed E-state index contributed by atoms with van der Waals surface area (Å²) >= 11 is 4.93. The molecule has 4 rings (SSSR count). The minimum Gasteiger partial charge on any atom is -0.338 e. The number of piperidine rings is 1. The first-order valence-corrected chi connectivity index (χ1v) is 11.7. The van der Waals surface area contributed by atoms with E-state index >= 15 is 0 Å². The van der Waals surface area contributed by atoms with Gasteiger partial charge in [-0.15, -0.1) is 0 Å². The van der Waals surface area contributed by atoms with Crippen molar-refractivity contribution in [1.82, 2.24) is 4.90 Å². The number of thioether (sulfide) groups is 1. The SMILES string of the molecule is CC1CCN(C(=O)/C(C#N)=C2\SC=C(c3ccc(Br)cc3)N2c2ccccc2)CC1. The molecular weight excluding hydrogens is 458 g/mol. The van der Waals surface area contributed by atoms with Crippen LogP contribution in [0.4, 0.5) is 5.69 Å². The Balaban J connectivity index is 1.75. The molecule has 4 nitrogen and oxygen atoms in total. The molecule has 152 valence electrons. The number of benzene rings is 2. The van der Waals surface area contributed by atoms with E-state index in [-0.39, 0.29) is 11.5 Å².